The molecule has 0 atom stereocenters. The predicted octanol–water partition coefficient (Wildman–Crippen LogP) is 1.77. The van der Waals surface area contributed by atoms with Gasteiger partial charge in [0.15, 0.2) is 5.83 Å². The molecule has 0 saturated carbocycles. The highest BCUT2D eigenvalue weighted by molar-refractivity contribution is 5.22. The maximum atomic E-state index is 12.2. The second kappa shape index (κ2) is 2.44. The van der Waals surface area contributed by atoms with Crippen LogP contribution in [0.2, 0.25) is 0 Å². The molecule has 0 aromatic heterocycles. The van der Waals surface area contributed by atoms with Crippen molar-refractivity contribution in [2.24, 2.45) is 0 Å². The molecule has 0 aliphatic carbocycles. The lowest BCUT2D eigenvalue weighted by Gasteiger charge is -1.91. The van der Waals surface area contributed by atoms with Crippen molar-refractivity contribution in [2.45, 2.75) is 0 Å². The molecule has 1 rings (SSSR count). The van der Waals surface area contributed by atoms with Gasteiger partial charge in [-0.15, -0.1) is 0 Å². The zero-order valence-corrected chi connectivity index (χ0v) is 4.57. The Kier molecular flexibility index (Phi) is 1.63. The number of halogens is 2. The quantitative estimate of drug-likeness (QED) is 0.491. The fourth-order valence-corrected chi connectivity index (χ4v) is 0.459. The minimum atomic E-state index is -0.944. The van der Waals surface area contributed by atoms with Crippen molar-refractivity contribution in [2.75, 3.05) is 0 Å². The molecule has 0 unspecified atom stereocenters. The maximum absolute atomic E-state index is 12.2. The van der Waals surface area contributed by atoms with Crippen LogP contribution in [-0.2, 0) is 0 Å². The summed E-state index contributed by atoms with van der Waals surface area (Å²) in [6, 6.07) is 0. The van der Waals surface area contributed by atoms with Gasteiger partial charge in [-0.05, 0) is 12.2 Å². The summed E-state index contributed by atoms with van der Waals surface area (Å²) < 4.78 is 24.3. The van der Waals surface area contributed by atoms with E-state index < -0.39 is 11.8 Å². The van der Waals surface area contributed by atoms with Gasteiger partial charge >= 0.3 is 0 Å². The van der Waals surface area contributed by atoms with Gasteiger partial charge in [0.05, 0.1) is 0 Å². The SMILES string of the molecule is FC1=C(F)NC=CC=C1. The number of hydrogen-bond donors (Lipinski definition) is 1. The van der Waals surface area contributed by atoms with Crippen LogP contribution in [0.3, 0.4) is 0 Å². The Morgan fingerprint density at radius 1 is 1.22 bits per heavy atom. The van der Waals surface area contributed by atoms with Gasteiger partial charge in [-0.1, -0.05) is 6.08 Å². The van der Waals surface area contributed by atoms with Crippen molar-refractivity contribution in [3.05, 3.63) is 36.2 Å². The van der Waals surface area contributed by atoms with E-state index in [0.29, 0.717) is 0 Å². The molecule has 1 aliphatic heterocycles. The van der Waals surface area contributed by atoms with Gasteiger partial charge in [0, 0.05) is 6.20 Å². The van der Waals surface area contributed by atoms with Gasteiger partial charge in [0.25, 0.3) is 0 Å². The summed E-state index contributed by atoms with van der Waals surface area (Å²) in [6.07, 6.45) is 5.28. The molecule has 1 nitrogen and oxygen atoms in total. The lowest BCUT2D eigenvalue weighted by molar-refractivity contribution is 0.520. The monoisotopic (exact) mass is 129 g/mol. The van der Waals surface area contributed by atoms with E-state index >= 15 is 0 Å². The van der Waals surface area contributed by atoms with Crippen molar-refractivity contribution in [3.8, 4) is 0 Å². The van der Waals surface area contributed by atoms with Crippen LogP contribution in [-0.4, -0.2) is 0 Å². The highest BCUT2D eigenvalue weighted by Gasteiger charge is 1.99. The minimum Gasteiger partial charge on any atom is -0.336 e. The molecule has 48 valence electrons. The molecule has 0 aromatic rings. The molecular formula is C6H5F2N. The molecular weight excluding hydrogens is 124 g/mol. The van der Waals surface area contributed by atoms with Crippen LogP contribution in [0.4, 0.5) is 8.78 Å². The Labute approximate surface area is 51.4 Å². The van der Waals surface area contributed by atoms with E-state index in [4.69, 9.17) is 0 Å². The molecule has 1 aliphatic rings. The highest BCUT2D eigenvalue weighted by atomic mass is 19.2. The number of rotatable bonds is 0. The Balaban J connectivity index is 2.85. The van der Waals surface area contributed by atoms with E-state index in [1.165, 1.54) is 18.4 Å². The fraction of sp³-hybridized carbons (Fsp3) is 0. The van der Waals surface area contributed by atoms with E-state index in [9.17, 15) is 8.78 Å². The Hall–Kier alpha value is -1.12. The van der Waals surface area contributed by atoms with Crippen molar-refractivity contribution in [1.29, 1.82) is 0 Å². The highest BCUT2D eigenvalue weighted by Crippen LogP contribution is 2.08. The van der Waals surface area contributed by atoms with Crippen LogP contribution in [0.1, 0.15) is 0 Å². The second-order valence-corrected chi connectivity index (χ2v) is 1.52. The normalized spacial score (nSPS) is 17.6. The van der Waals surface area contributed by atoms with Gasteiger partial charge in [0.2, 0.25) is 5.95 Å². The Bertz CT molecular complexity index is 191. The van der Waals surface area contributed by atoms with E-state index in [2.05, 4.69) is 5.32 Å². The number of allylic oxidation sites excluding steroid dienone is 4. The van der Waals surface area contributed by atoms with Crippen LogP contribution in [0.15, 0.2) is 36.2 Å². The standard InChI is InChI=1S/C6H5F2N/c7-5-3-1-2-4-9-6(5)8/h1-4,9H. The molecule has 0 saturated heterocycles. The average Bonchev–Trinajstić information content (AvgIpc) is 1.99. The van der Waals surface area contributed by atoms with Gasteiger partial charge in [-0.25, -0.2) is 4.39 Å². The molecule has 9 heavy (non-hydrogen) atoms. The summed E-state index contributed by atoms with van der Waals surface area (Å²) in [5.74, 6) is -1.82. The van der Waals surface area contributed by atoms with Crippen LogP contribution >= 0.6 is 0 Å². The molecule has 3 heteroatoms. The molecule has 1 heterocycles. The molecule has 0 radical (unpaired) electrons. The van der Waals surface area contributed by atoms with E-state index in [1.807, 2.05) is 0 Å². The van der Waals surface area contributed by atoms with Crippen LogP contribution in [0.5, 0.6) is 0 Å². The molecule has 0 spiro atoms. The topological polar surface area (TPSA) is 12.0 Å². The van der Waals surface area contributed by atoms with Gasteiger partial charge in [-0.2, -0.15) is 4.39 Å². The van der Waals surface area contributed by atoms with E-state index in [-0.39, 0.29) is 0 Å². The van der Waals surface area contributed by atoms with Crippen molar-refractivity contribution < 1.29 is 8.78 Å². The summed E-state index contributed by atoms with van der Waals surface area (Å²) in [5, 5.41) is 2.09. The summed E-state index contributed by atoms with van der Waals surface area (Å²) in [7, 11) is 0. The summed E-state index contributed by atoms with van der Waals surface area (Å²) in [4.78, 5) is 0. The zero-order chi connectivity index (χ0) is 6.69. The maximum Gasteiger partial charge on any atom is 0.227 e. The van der Waals surface area contributed by atoms with Crippen LogP contribution in [0.25, 0.3) is 0 Å². The first-order valence-electron chi connectivity index (χ1n) is 2.46. The minimum absolute atomic E-state index is 0.875. The lowest BCUT2D eigenvalue weighted by atomic mass is 10.4. The van der Waals surface area contributed by atoms with Crippen LogP contribution < -0.4 is 5.32 Å². The second-order valence-electron chi connectivity index (χ2n) is 1.52. The van der Waals surface area contributed by atoms with Crippen molar-refractivity contribution in [3.63, 3.8) is 0 Å². The van der Waals surface area contributed by atoms with E-state index in [1.54, 1.807) is 0 Å². The third-order valence-electron chi connectivity index (χ3n) is 0.870. The smallest absolute Gasteiger partial charge is 0.227 e. The first-order chi connectivity index (χ1) is 4.30. The molecule has 0 amide bonds. The Morgan fingerprint density at radius 2 is 2.00 bits per heavy atom. The van der Waals surface area contributed by atoms with Gasteiger partial charge in [-0.3, -0.25) is 0 Å². The summed E-state index contributed by atoms with van der Waals surface area (Å²) in [5.41, 5.74) is 0. The van der Waals surface area contributed by atoms with Gasteiger partial charge in [0.1, 0.15) is 0 Å². The molecule has 0 aromatic carbocycles. The first-order valence-corrected chi connectivity index (χ1v) is 2.46. The van der Waals surface area contributed by atoms with Crippen LogP contribution in [0, 0.1) is 0 Å². The lowest BCUT2D eigenvalue weighted by Crippen LogP contribution is -1.99. The zero-order valence-electron chi connectivity index (χ0n) is 4.57. The van der Waals surface area contributed by atoms with E-state index in [0.717, 1.165) is 6.08 Å². The number of nitrogens with one attached hydrogen (secondary N) is 1. The molecule has 0 bridgehead atoms. The largest absolute Gasteiger partial charge is 0.336 e. The summed E-state index contributed by atoms with van der Waals surface area (Å²) in [6.45, 7) is 0. The molecule has 0 fully saturated rings. The Morgan fingerprint density at radius 3 is 2.78 bits per heavy atom. The predicted molar refractivity (Wildman–Crippen MR) is 30.7 cm³/mol. The first kappa shape index (κ1) is 6.01. The molecule has 1 N–H and O–H groups in total. The van der Waals surface area contributed by atoms with Crippen molar-refractivity contribution in [1.82, 2.24) is 5.32 Å². The fourth-order valence-electron chi connectivity index (χ4n) is 0.459. The van der Waals surface area contributed by atoms with Gasteiger partial charge < -0.3 is 5.32 Å². The number of hydrogen-bond acceptors (Lipinski definition) is 1. The third-order valence-corrected chi connectivity index (χ3v) is 0.870. The van der Waals surface area contributed by atoms with Crippen molar-refractivity contribution >= 4 is 0 Å². The third kappa shape index (κ3) is 1.38. The average molecular weight is 129 g/mol. The summed E-state index contributed by atoms with van der Waals surface area (Å²) >= 11 is 0.